The van der Waals surface area contributed by atoms with Crippen LogP contribution in [0.2, 0.25) is 0 Å². The fourth-order valence-corrected chi connectivity index (χ4v) is 2.52. The van der Waals surface area contributed by atoms with Gasteiger partial charge >= 0.3 is 0 Å². The standard InChI is InChI=1S/C21H16F2O2/c22-21(23)18-9-7-17(8-10-18)19-12-16(13-24)6-11-20(19)25-14-15-4-2-1-3-5-15/h1-13,21H,14H2. The molecule has 4 heteroatoms. The summed E-state index contributed by atoms with van der Waals surface area (Å²) in [6.45, 7) is 0.378. The van der Waals surface area contributed by atoms with Crippen molar-refractivity contribution in [2.24, 2.45) is 0 Å². The van der Waals surface area contributed by atoms with Gasteiger partial charge in [0, 0.05) is 16.7 Å². The van der Waals surface area contributed by atoms with Crippen LogP contribution in [-0.4, -0.2) is 6.29 Å². The summed E-state index contributed by atoms with van der Waals surface area (Å²) in [5.41, 5.74) is 2.89. The molecular weight excluding hydrogens is 322 g/mol. The highest BCUT2D eigenvalue weighted by Crippen LogP contribution is 2.32. The Labute approximate surface area is 144 Å². The van der Waals surface area contributed by atoms with E-state index in [1.54, 1.807) is 30.3 Å². The highest BCUT2D eigenvalue weighted by atomic mass is 19.3. The van der Waals surface area contributed by atoms with E-state index in [1.165, 1.54) is 12.1 Å². The molecular formula is C21H16F2O2. The topological polar surface area (TPSA) is 26.3 Å². The van der Waals surface area contributed by atoms with E-state index in [1.807, 2.05) is 30.3 Å². The number of benzene rings is 3. The van der Waals surface area contributed by atoms with Crippen molar-refractivity contribution in [1.82, 2.24) is 0 Å². The van der Waals surface area contributed by atoms with E-state index in [2.05, 4.69) is 0 Å². The zero-order valence-corrected chi connectivity index (χ0v) is 13.4. The van der Waals surface area contributed by atoms with Crippen molar-refractivity contribution in [1.29, 1.82) is 0 Å². The number of hydrogen-bond acceptors (Lipinski definition) is 2. The third kappa shape index (κ3) is 4.10. The molecule has 0 saturated heterocycles. The van der Waals surface area contributed by atoms with Gasteiger partial charge in [-0.25, -0.2) is 8.78 Å². The molecule has 0 unspecified atom stereocenters. The fourth-order valence-electron chi connectivity index (χ4n) is 2.52. The first kappa shape index (κ1) is 16.8. The summed E-state index contributed by atoms with van der Waals surface area (Å²) in [5.74, 6) is 0.597. The highest BCUT2D eigenvalue weighted by molar-refractivity contribution is 5.81. The minimum absolute atomic E-state index is 0.0398. The van der Waals surface area contributed by atoms with Gasteiger partial charge in [-0.05, 0) is 29.3 Å². The lowest BCUT2D eigenvalue weighted by Crippen LogP contribution is -1.98. The summed E-state index contributed by atoms with van der Waals surface area (Å²) in [7, 11) is 0. The molecule has 0 aliphatic carbocycles. The lowest BCUT2D eigenvalue weighted by atomic mass is 10.0. The minimum atomic E-state index is -2.51. The van der Waals surface area contributed by atoms with Crippen molar-refractivity contribution < 1.29 is 18.3 Å². The maximum absolute atomic E-state index is 12.7. The molecule has 126 valence electrons. The Morgan fingerprint density at radius 1 is 0.920 bits per heavy atom. The molecule has 25 heavy (non-hydrogen) atoms. The third-order valence-electron chi connectivity index (χ3n) is 3.85. The average molecular weight is 338 g/mol. The molecule has 0 bridgehead atoms. The SMILES string of the molecule is O=Cc1ccc(OCc2ccccc2)c(-c2ccc(C(F)F)cc2)c1. The van der Waals surface area contributed by atoms with Gasteiger partial charge in [0.1, 0.15) is 18.6 Å². The van der Waals surface area contributed by atoms with Crippen LogP contribution in [0.25, 0.3) is 11.1 Å². The molecule has 0 aromatic heterocycles. The number of halogens is 2. The highest BCUT2D eigenvalue weighted by Gasteiger charge is 2.11. The maximum Gasteiger partial charge on any atom is 0.263 e. The van der Waals surface area contributed by atoms with Crippen LogP contribution in [0.3, 0.4) is 0 Å². The van der Waals surface area contributed by atoms with E-state index in [0.717, 1.165) is 17.4 Å². The van der Waals surface area contributed by atoms with Gasteiger partial charge in [-0.3, -0.25) is 4.79 Å². The van der Waals surface area contributed by atoms with Gasteiger partial charge in [-0.15, -0.1) is 0 Å². The summed E-state index contributed by atoms with van der Waals surface area (Å²) in [6.07, 6.45) is -1.76. The molecule has 2 nitrogen and oxygen atoms in total. The molecule has 0 fully saturated rings. The van der Waals surface area contributed by atoms with Crippen LogP contribution >= 0.6 is 0 Å². The van der Waals surface area contributed by atoms with Crippen molar-refractivity contribution >= 4 is 6.29 Å². The van der Waals surface area contributed by atoms with Crippen molar-refractivity contribution in [3.63, 3.8) is 0 Å². The maximum atomic E-state index is 12.7. The van der Waals surface area contributed by atoms with Gasteiger partial charge in [0.15, 0.2) is 0 Å². The van der Waals surface area contributed by atoms with Crippen molar-refractivity contribution in [2.75, 3.05) is 0 Å². The molecule has 0 atom stereocenters. The smallest absolute Gasteiger partial charge is 0.263 e. The van der Waals surface area contributed by atoms with E-state index in [9.17, 15) is 13.6 Å². The molecule has 0 heterocycles. The van der Waals surface area contributed by atoms with Crippen LogP contribution in [0.5, 0.6) is 5.75 Å². The Hall–Kier alpha value is -3.01. The summed E-state index contributed by atoms with van der Waals surface area (Å²) < 4.78 is 31.4. The van der Waals surface area contributed by atoms with E-state index < -0.39 is 6.43 Å². The van der Waals surface area contributed by atoms with E-state index >= 15 is 0 Å². The predicted octanol–water partition coefficient (Wildman–Crippen LogP) is 5.68. The monoisotopic (exact) mass is 338 g/mol. The van der Waals surface area contributed by atoms with Gasteiger partial charge in [0.2, 0.25) is 0 Å². The Bertz CT molecular complexity index is 844. The number of ether oxygens (including phenoxy) is 1. The fraction of sp³-hybridized carbons (Fsp3) is 0.0952. The van der Waals surface area contributed by atoms with Crippen LogP contribution < -0.4 is 4.74 Å². The van der Waals surface area contributed by atoms with Gasteiger partial charge < -0.3 is 4.74 Å². The number of carbonyl (C=O) groups excluding carboxylic acids is 1. The summed E-state index contributed by atoms with van der Waals surface area (Å²) in [6, 6.07) is 20.8. The largest absolute Gasteiger partial charge is 0.488 e. The van der Waals surface area contributed by atoms with Crippen LogP contribution in [0.1, 0.15) is 27.9 Å². The second kappa shape index (κ2) is 7.71. The molecule has 3 rings (SSSR count). The number of rotatable bonds is 6. The summed E-state index contributed by atoms with van der Waals surface area (Å²) in [5, 5.41) is 0. The number of aldehydes is 1. The van der Waals surface area contributed by atoms with Gasteiger partial charge in [-0.2, -0.15) is 0 Å². The molecule has 0 saturated carbocycles. The normalized spacial score (nSPS) is 10.7. The second-order valence-corrected chi connectivity index (χ2v) is 5.57. The number of hydrogen-bond donors (Lipinski definition) is 0. The second-order valence-electron chi connectivity index (χ2n) is 5.57. The minimum Gasteiger partial charge on any atom is -0.488 e. The first-order chi connectivity index (χ1) is 12.2. The Morgan fingerprint density at radius 2 is 1.64 bits per heavy atom. The molecule has 0 aliphatic rings. The zero-order valence-electron chi connectivity index (χ0n) is 13.4. The average Bonchev–Trinajstić information content (AvgIpc) is 2.67. The first-order valence-electron chi connectivity index (χ1n) is 7.82. The Kier molecular flexibility index (Phi) is 5.19. The Morgan fingerprint density at radius 3 is 2.28 bits per heavy atom. The van der Waals surface area contributed by atoms with Gasteiger partial charge in [-0.1, -0.05) is 54.6 Å². The van der Waals surface area contributed by atoms with Crippen LogP contribution in [0.4, 0.5) is 8.78 Å². The third-order valence-corrected chi connectivity index (χ3v) is 3.85. The number of carbonyl (C=O) groups is 1. The Balaban J connectivity index is 1.91. The van der Waals surface area contributed by atoms with Crippen molar-refractivity contribution in [3.05, 3.63) is 89.5 Å². The molecule has 0 amide bonds. The van der Waals surface area contributed by atoms with Crippen LogP contribution in [0, 0.1) is 0 Å². The summed E-state index contributed by atoms with van der Waals surface area (Å²) >= 11 is 0. The van der Waals surface area contributed by atoms with Gasteiger partial charge in [0.25, 0.3) is 6.43 Å². The molecule has 0 radical (unpaired) electrons. The predicted molar refractivity (Wildman–Crippen MR) is 93.0 cm³/mol. The molecule has 0 N–H and O–H groups in total. The number of alkyl halides is 2. The van der Waals surface area contributed by atoms with Crippen molar-refractivity contribution in [3.8, 4) is 16.9 Å². The van der Waals surface area contributed by atoms with Crippen LogP contribution in [-0.2, 0) is 6.61 Å². The molecule has 3 aromatic carbocycles. The molecule has 0 spiro atoms. The molecule has 0 aliphatic heterocycles. The zero-order chi connectivity index (χ0) is 17.6. The van der Waals surface area contributed by atoms with Gasteiger partial charge in [0.05, 0.1) is 0 Å². The van der Waals surface area contributed by atoms with Crippen LogP contribution in [0.15, 0.2) is 72.8 Å². The quantitative estimate of drug-likeness (QED) is 0.540. The van der Waals surface area contributed by atoms with E-state index in [4.69, 9.17) is 4.74 Å². The summed E-state index contributed by atoms with van der Waals surface area (Å²) in [4.78, 5) is 11.1. The van der Waals surface area contributed by atoms with Crippen molar-refractivity contribution in [2.45, 2.75) is 13.0 Å². The van der Waals surface area contributed by atoms with E-state index in [-0.39, 0.29) is 5.56 Å². The first-order valence-corrected chi connectivity index (χ1v) is 7.82. The lowest BCUT2D eigenvalue weighted by Gasteiger charge is -2.13. The lowest BCUT2D eigenvalue weighted by molar-refractivity contribution is 0.112. The van der Waals surface area contributed by atoms with E-state index in [0.29, 0.717) is 23.5 Å². The molecule has 3 aromatic rings.